The minimum Gasteiger partial charge on any atom is -0.304 e. The van der Waals surface area contributed by atoms with Crippen molar-refractivity contribution in [2.45, 2.75) is 73.1 Å². The maximum absolute atomic E-state index is 2.59. The molecule has 1 nitrogen and oxygen atoms in total. The summed E-state index contributed by atoms with van der Waals surface area (Å²) >= 11 is 0. The Hall–Kier alpha value is -0.0400. The smallest absolute Gasteiger partial charge is 0.00136 e. The molecule has 1 saturated heterocycles. The lowest BCUT2D eigenvalue weighted by molar-refractivity contribution is 0.0939. The van der Waals surface area contributed by atoms with Gasteiger partial charge in [-0.1, -0.05) is 53.9 Å². The zero-order chi connectivity index (χ0) is 12.4. The van der Waals surface area contributed by atoms with Gasteiger partial charge in [0.25, 0.3) is 0 Å². The molecule has 1 heterocycles. The van der Waals surface area contributed by atoms with E-state index in [4.69, 9.17) is 0 Å². The minimum absolute atomic E-state index is 0.709. The summed E-state index contributed by atoms with van der Waals surface area (Å²) in [5.74, 6) is 0. The van der Waals surface area contributed by atoms with Crippen LogP contribution in [0.1, 0.15) is 73.1 Å². The summed E-state index contributed by atoms with van der Waals surface area (Å²) in [6.07, 6.45) is 8.32. The fourth-order valence-electron chi connectivity index (χ4n) is 2.65. The topological polar surface area (TPSA) is 3.24 Å². The molecule has 0 radical (unpaired) electrons. The molecule has 1 aliphatic rings. The largest absolute Gasteiger partial charge is 0.304 e. The van der Waals surface area contributed by atoms with Gasteiger partial charge in [-0.25, -0.2) is 0 Å². The van der Waals surface area contributed by atoms with E-state index in [1.165, 1.54) is 58.2 Å². The molecule has 0 aromatic heterocycles. The monoisotopic (exact) mass is 227 g/mol. The Morgan fingerprint density at radius 2 is 1.44 bits per heavy atom. The molecule has 0 aromatic carbocycles. The van der Waals surface area contributed by atoms with Crippen LogP contribution in [0.25, 0.3) is 0 Å². The first-order valence-corrected chi connectivity index (χ1v) is 7.40. The van der Waals surface area contributed by atoms with E-state index < -0.39 is 0 Å². The Morgan fingerprint density at radius 1 is 0.938 bits per heavy atom. The quantitative estimate of drug-likeness (QED) is 0.672. The van der Waals surface area contributed by atoms with Gasteiger partial charge in [0.2, 0.25) is 0 Å². The van der Waals surface area contributed by atoms with E-state index in [-0.39, 0.29) is 0 Å². The number of nitrogens with zero attached hydrogens (tertiary/aromatic N) is 1. The molecular weight excluding hydrogens is 194 g/mol. The highest BCUT2D eigenvalue weighted by Gasteiger charge is 2.31. The van der Waals surface area contributed by atoms with Crippen molar-refractivity contribution >= 4 is 0 Å². The van der Waals surface area contributed by atoms with Gasteiger partial charge in [0.05, 0.1) is 0 Å². The third-order valence-corrected chi connectivity index (χ3v) is 3.89. The molecular formula is C15H33N. The molecule has 98 valence electrons. The van der Waals surface area contributed by atoms with Crippen LogP contribution in [0.2, 0.25) is 0 Å². The molecule has 1 heteroatoms. The second kappa shape index (κ2) is 9.04. The van der Waals surface area contributed by atoms with Gasteiger partial charge in [0.15, 0.2) is 0 Å². The van der Waals surface area contributed by atoms with Gasteiger partial charge < -0.3 is 4.90 Å². The Labute approximate surface area is 104 Å². The van der Waals surface area contributed by atoms with Crippen LogP contribution in [0.5, 0.6) is 0 Å². The van der Waals surface area contributed by atoms with Gasteiger partial charge in [-0.05, 0) is 44.3 Å². The van der Waals surface area contributed by atoms with Crippen molar-refractivity contribution in [1.29, 1.82) is 0 Å². The molecule has 0 atom stereocenters. The van der Waals surface area contributed by atoms with Crippen LogP contribution in [-0.2, 0) is 0 Å². The highest BCUT2D eigenvalue weighted by atomic mass is 15.1. The highest BCUT2D eigenvalue weighted by Crippen LogP contribution is 2.38. The van der Waals surface area contributed by atoms with E-state index in [9.17, 15) is 0 Å². The lowest BCUT2D eigenvalue weighted by Crippen LogP contribution is -2.39. The lowest BCUT2D eigenvalue weighted by atomic mass is 9.73. The average molecular weight is 227 g/mol. The molecule has 16 heavy (non-hydrogen) atoms. The molecule has 0 N–H and O–H groups in total. The Balaban J connectivity index is 0.000000673. The van der Waals surface area contributed by atoms with Gasteiger partial charge in [-0.3, -0.25) is 0 Å². The van der Waals surface area contributed by atoms with Crippen molar-refractivity contribution < 1.29 is 0 Å². The van der Waals surface area contributed by atoms with Gasteiger partial charge in [0.1, 0.15) is 0 Å². The molecule has 0 aromatic rings. The molecule has 1 aliphatic heterocycles. The van der Waals surface area contributed by atoms with E-state index in [2.05, 4.69) is 39.5 Å². The summed E-state index contributed by atoms with van der Waals surface area (Å²) in [7, 11) is 0. The first-order chi connectivity index (χ1) is 7.67. The van der Waals surface area contributed by atoms with Crippen LogP contribution >= 0.6 is 0 Å². The van der Waals surface area contributed by atoms with Crippen molar-refractivity contribution in [2.75, 3.05) is 19.6 Å². The number of piperidine rings is 1. The molecule has 1 fully saturated rings. The van der Waals surface area contributed by atoms with Crippen molar-refractivity contribution in [3.63, 3.8) is 0 Å². The predicted octanol–water partition coefficient (Wildman–Crippen LogP) is 4.71. The second-order valence-corrected chi connectivity index (χ2v) is 5.24. The summed E-state index contributed by atoms with van der Waals surface area (Å²) in [5.41, 5.74) is 0.709. The van der Waals surface area contributed by atoms with E-state index >= 15 is 0 Å². The molecule has 0 bridgehead atoms. The maximum atomic E-state index is 2.59. The maximum Gasteiger partial charge on any atom is -0.00136 e. The summed E-state index contributed by atoms with van der Waals surface area (Å²) in [6, 6.07) is 0. The minimum atomic E-state index is 0.709. The molecule has 0 amide bonds. The summed E-state index contributed by atoms with van der Waals surface area (Å²) in [6.45, 7) is 15.1. The molecule has 0 unspecified atom stereocenters. The fraction of sp³-hybridized carbons (Fsp3) is 1.00. The number of hydrogen-bond acceptors (Lipinski definition) is 1. The Morgan fingerprint density at radius 3 is 1.75 bits per heavy atom. The zero-order valence-electron chi connectivity index (χ0n) is 12.3. The van der Waals surface area contributed by atoms with Crippen molar-refractivity contribution in [1.82, 2.24) is 4.90 Å². The standard InChI is InChI=1S/C12H25N.C3H8/c1-4-7-12(5-2)8-10-13(6-3)11-9-12;1-3-2/h4-11H2,1-3H3;3H2,1-2H3. The van der Waals surface area contributed by atoms with Crippen molar-refractivity contribution in [3.8, 4) is 0 Å². The van der Waals surface area contributed by atoms with Crippen LogP contribution in [0.3, 0.4) is 0 Å². The van der Waals surface area contributed by atoms with Gasteiger partial charge in [-0.2, -0.15) is 0 Å². The molecule has 0 aliphatic carbocycles. The average Bonchev–Trinajstić information content (AvgIpc) is 2.31. The van der Waals surface area contributed by atoms with Crippen molar-refractivity contribution in [3.05, 3.63) is 0 Å². The molecule has 0 spiro atoms. The molecule has 0 saturated carbocycles. The number of rotatable bonds is 4. The van der Waals surface area contributed by atoms with E-state index in [1.807, 2.05) is 0 Å². The highest BCUT2D eigenvalue weighted by molar-refractivity contribution is 4.84. The third-order valence-electron chi connectivity index (χ3n) is 3.89. The van der Waals surface area contributed by atoms with Crippen LogP contribution < -0.4 is 0 Å². The third kappa shape index (κ3) is 5.34. The first kappa shape index (κ1) is 16.0. The SMILES string of the molecule is CCC.CCCC1(CC)CCN(CC)CC1. The van der Waals surface area contributed by atoms with Crippen LogP contribution in [0, 0.1) is 5.41 Å². The Kier molecular flexibility index (Phi) is 9.02. The predicted molar refractivity (Wildman–Crippen MR) is 74.9 cm³/mol. The van der Waals surface area contributed by atoms with E-state index in [1.54, 1.807) is 0 Å². The van der Waals surface area contributed by atoms with Crippen LogP contribution in [0.15, 0.2) is 0 Å². The van der Waals surface area contributed by atoms with Crippen LogP contribution in [0.4, 0.5) is 0 Å². The zero-order valence-corrected chi connectivity index (χ0v) is 12.3. The van der Waals surface area contributed by atoms with Crippen LogP contribution in [-0.4, -0.2) is 24.5 Å². The van der Waals surface area contributed by atoms with E-state index in [0.717, 1.165) is 0 Å². The lowest BCUT2D eigenvalue weighted by Gasteiger charge is -2.41. The number of hydrogen-bond donors (Lipinski definition) is 0. The van der Waals surface area contributed by atoms with Gasteiger partial charge in [-0.15, -0.1) is 0 Å². The summed E-state index contributed by atoms with van der Waals surface area (Å²) < 4.78 is 0. The molecule has 1 rings (SSSR count). The van der Waals surface area contributed by atoms with Gasteiger partial charge >= 0.3 is 0 Å². The Bertz CT molecular complexity index is 146. The van der Waals surface area contributed by atoms with E-state index in [0.29, 0.717) is 5.41 Å². The second-order valence-electron chi connectivity index (χ2n) is 5.24. The number of likely N-dealkylation sites (tertiary alicyclic amines) is 1. The van der Waals surface area contributed by atoms with Crippen molar-refractivity contribution in [2.24, 2.45) is 5.41 Å². The van der Waals surface area contributed by atoms with Gasteiger partial charge in [0, 0.05) is 0 Å². The summed E-state index contributed by atoms with van der Waals surface area (Å²) in [4.78, 5) is 2.59. The summed E-state index contributed by atoms with van der Waals surface area (Å²) in [5, 5.41) is 0. The normalized spacial score (nSPS) is 20.1. The fourth-order valence-corrected chi connectivity index (χ4v) is 2.65. The first-order valence-electron chi connectivity index (χ1n) is 7.40.